The van der Waals surface area contributed by atoms with Gasteiger partial charge < -0.3 is 15.2 Å². The molecule has 1 amide bonds. The van der Waals surface area contributed by atoms with Crippen molar-refractivity contribution in [3.8, 4) is 11.1 Å². The summed E-state index contributed by atoms with van der Waals surface area (Å²) < 4.78 is 1.76. The fourth-order valence-electron chi connectivity index (χ4n) is 5.05. The quantitative estimate of drug-likeness (QED) is 0.545. The lowest BCUT2D eigenvalue weighted by Gasteiger charge is -2.18. The predicted molar refractivity (Wildman–Crippen MR) is 112 cm³/mol. The maximum atomic E-state index is 11.6. The fourth-order valence-corrected chi connectivity index (χ4v) is 5.05. The third kappa shape index (κ3) is 2.80. The van der Waals surface area contributed by atoms with Gasteiger partial charge in [-0.25, -0.2) is 14.5 Å². The number of likely N-dealkylation sites (tertiary alicyclic amines) is 1. The molecule has 2 N–H and O–H groups in total. The molecule has 6 rings (SSSR count). The van der Waals surface area contributed by atoms with Crippen LogP contribution < -0.4 is 5.32 Å². The molecule has 4 aromatic rings. The molecule has 9 nitrogen and oxygen atoms in total. The van der Waals surface area contributed by atoms with Crippen LogP contribution in [0.3, 0.4) is 0 Å². The first-order valence-corrected chi connectivity index (χ1v) is 10.3. The third-order valence-electron chi connectivity index (χ3n) is 6.55. The number of aromatic nitrogens is 6. The Labute approximate surface area is 172 Å². The molecule has 3 atom stereocenters. The van der Waals surface area contributed by atoms with Crippen LogP contribution in [0.5, 0.6) is 0 Å². The van der Waals surface area contributed by atoms with E-state index >= 15 is 0 Å². The number of aromatic amines is 1. The van der Waals surface area contributed by atoms with Crippen molar-refractivity contribution in [2.24, 2.45) is 11.8 Å². The topological polar surface area (TPSA) is 104 Å². The van der Waals surface area contributed by atoms with Crippen molar-refractivity contribution in [2.75, 3.05) is 18.4 Å². The van der Waals surface area contributed by atoms with Crippen molar-refractivity contribution in [1.29, 1.82) is 0 Å². The van der Waals surface area contributed by atoms with Crippen molar-refractivity contribution < 1.29 is 4.79 Å². The average Bonchev–Trinajstić information content (AvgIpc) is 3.49. The van der Waals surface area contributed by atoms with Crippen molar-refractivity contribution in [1.82, 2.24) is 34.4 Å². The van der Waals surface area contributed by atoms with Gasteiger partial charge in [-0.3, -0.25) is 4.79 Å². The number of nitrogens with one attached hydrogen (secondary N) is 2. The second-order valence-corrected chi connectivity index (χ2v) is 8.40. The van der Waals surface area contributed by atoms with Gasteiger partial charge in [0.2, 0.25) is 11.9 Å². The SMILES string of the molecule is CC(=O)N1C[C@H]2CC(Nc3ncc4c(-c5ccc6ncnn6c5)c[nH]c4n3)C[C@H]2C1. The molecule has 2 fully saturated rings. The number of amides is 1. The largest absolute Gasteiger partial charge is 0.351 e. The summed E-state index contributed by atoms with van der Waals surface area (Å²) in [7, 11) is 0. The molecule has 0 spiro atoms. The lowest BCUT2D eigenvalue weighted by atomic mass is 10.0. The fraction of sp³-hybridized carbons (Fsp3) is 0.381. The smallest absolute Gasteiger partial charge is 0.224 e. The number of nitrogens with zero attached hydrogens (tertiary/aromatic N) is 6. The molecular weight excluding hydrogens is 380 g/mol. The number of rotatable bonds is 3. The number of carbonyl (C=O) groups excluding carboxylic acids is 1. The summed E-state index contributed by atoms with van der Waals surface area (Å²) >= 11 is 0. The Bertz CT molecular complexity index is 1250. The highest BCUT2D eigenvalue weighted by molar-refractivity contribution is 5.93. The minimum Gasteiger partial charge on any atom is -0.351 e. The Kier molecular flexibility index (Phi) is 3.77. The molecule has 30 heavy (non-hydrogen) atoms. The zero-order valence-corrected chi connectivity index (χ0v) is 16.6. The van der Waals surface area contributed by atoms with Crippen molar-refractivity contribution in [3.05, 3.63) is 37.1 Å². The third-order valence-corrected chi connectivity index (χ3v) is 6.55. The average molecular weight is 402 g/mol. The van der Waals surface area contributed by atoms with Crippen LogP contribution in [-0.2, 0) is 4.79 Å². The van der Waals surface area contributed by atoms with Crippen molar-refractivity contribution in [3.63, 3.8) is 0 Å². The zero-order valence-electron chi connectivity index (χ0n) is 16.6. The summed E-state index contributed by atoms with van der Waals surface area (Å²) in [5, 5.41) is 8.69. The van der Waals surface area contributed by atoms with Crippen molar-refractivity contribution >= 4 is 28.5 Å². The van der Waals surface area contributed by atoms with Gasteiger partial charge in [0.25, 0.3) is 0 Å². The molecule has 1 saturated heterocycles. The molecule has 2 aliphatic rings. The lowest BCUT2D eigenvalue weighted by Crippen LogP contribution is -2.29. The van der Waals surface area contributed by atoms with Gasteiger partial charge in [0.15, 0.2) is 5.65 Å². The minimum absolute atomic E-state index is 0.188. The van der Waals surface area contributed by atoms with Gasteiger partial charge in [0.1, 0.15) is 12.0 Å². The Morgan fingerprint density at radius 2 is 2.03 bits per heavy atom. The van der Waals surface area contributed by atoms with Gasteiger partial charge in [-0.1, -0.05) is 0 Å². The number of hydrogen-bond acceptors (Lipinski definition) is 6. The van der Waals surface area contributed by atoms with E-state index in [9.17, 15) is 4.79 Å². The first-order valence-electron chi connectivity index (χ1n) is 10.3. The number of hydrogen-bond donors (Lipinski definition) is 2. The predicted octanol–water partition coefficient (Wildman–Crippen LogP) is 2.34. The maximum absolute atomic E-state index is 11.6. The van der Waals surface area contributed by atoms with E-state index in [4.69, 9.17) is 4.98 Å². The Balaban J connectivity index is 1.21. The summed E-state index contributed by atoms with van der Waals surface area (Å²) in [6.07, 6.45) is 9.45. The van der Waals surface area contributed by atoms with Gasteiger partial charge in [0.05, 0.1) is 0 Å². The molecule has 0 aromatic carbocycles. The second kappa shape index (κ2) is 6.51. The van der Waals surface area contributed by atoms with E-state index in [1.165, 1.54) is 0 Å². The number of carbonyl (C=O) groups is 1. The number of anilines is 1. The van der Waals surface area contributed by atoms with Gasteiger partial charge >= 0.3 is 0 Å². The normalized spacial score (nSPS) is 23.4. The van der Waals surface area contributed by atoms with E-state index in [0.717, 1.165) is 53.7 Å². The van der Waals surface area contributed by atoms with Gasteiger partial charge in [-0.15, -0.1) is 0 Å². The van der Waals surface area contributed by atoms with Crippen LogP contribution in [0.2, 0.25) is 0 Å². The van der Waals surface area contributed by atoms with E-state index in [-0.39, 0.29) is 5.91 Å². The highest BCUT2D eigenvalue weighted by Gasteiger charge is 2.41. The first kappa shape index (κ1) is 17.4. The first-order chi connectivity index (χ1) is 14.6. The Hall–Kier alpha value is -3.49. The monoisotopic (exact) mass is 402 g/mol. The second-order valence-electron chi connectivity index (χ2n) is 8.40. The highest BCUT2D eigenvalue weighted by Crippen LogP contribution is 2.39. The van der Waals surface area contributed by atoms with Crippen LogP contribution in [-0.4, -0.2) is 59.5 Å². The number of pyridine rings is 1. The van der Waals surface area contributed by atoms with Crippen LogP contribution in [0.25, 0.3) is 27.8 Å². The van der Waals surface area contributed by atoms with Crippen molar-refractivity contribution in [2.45, 2.75) is 25.8 Å². The van der Waals surface area contributed by atoms with Gasteiger partial charge in [-0.2, -0.15) is 10.1 Å². The molecule has 9 heteroatoms. The van der Waals surface area contributed by atoms with E-state index in [1.807, 2.05) is 35.6 Å². The molecular formula is C21H22N8O. The molecule has 5 heterocycles. The minimum atomic E-state index is 0.188. The summed E-state index contributed by atoms with van der Waals surface area (Å²) in [6.45, 7) is 3.43. The van der Waals surface area contributed by atoms with Gasteiger partial charge in [-0.05, 0) is 36.8 Å². The van der Waals surface area contributed by atoms with E-state index < -0.39 is 0 Å². The Morgan fingerprint density at radius 3 is 2.83 bits per heavy atom. The maximum Gasteiger partial charge on any atom is 0.224 e. The molecule has 1 unspecified atom stereocenters. The highest BCUT2D eigenvalue weighted by atomic mass is 16.2. The molecule has 1 aliphatic carbocycles. The molecule has 1 aliphatic heterocycles. The summed E-state index contributed by atoms with van der Waals surface area (Å²) in [5.41, 5.74) is 3.69. The van der Waals surface area contributed by atoms with Gasteiger partial charge in [0, 0.05) is 61.2 Å². The Morgan fingerprint density at radius 1 is 1.20 bits per heavy atom. The van der Waals surface area contributed by atoms with Crippen LogP contribution in [0.1, 0.15) is 19.8 Å². The number of fused-ring (bicyclic) bond motifs is 3. The van der Waals surface area contributed by atoms with E-state index in [1.54, 1.807) is 17.8 Å². The van der Waals surface area contributed by atoms with Crippen LogP contribution >= 0.6 is 0 Å². The lowest BCUT2D eigenvalue weighted by molar-refractivity contribution is -0.128. The van der Waals surface area contributed by atoms with Crippen LogP contribution in [0, 0.1) is 11.8 Å². The number of H-pyrrole nitrogens is 1. The molecule has 0 bridgehead atoms. The molecule has 0 radical (unpaired) electrons. The zero-order chi connectivity index (χ0) is 20.2. The standard InChI is InChI=1S/C21H22N8O/c1-12(30)28-8-14-4-16(5-15(14)9-28)26-21-23-7-18-17(6-22-20(18)27-21)13-2-3-19-24-11-25-29(19)10-13/h2-3,6-7,10-11,14-16H,4-5,8-9H2,1H3,(H2,22,23,26,27)/t14-,15+,16?. The van der Waals surface area contributed by atoms with Crippen LogP contribution in [0.4, 0.5) is 5.95 Å². The summed E-state index contributed by atoms with van der Waals surface area (Å²) in [5.74, 6) is 2.00. The van der Waals surface area contributed by atoms with Crippen LogP contribution in [0.15, 0.2) is 37.1 Å². The van der Waals surface area contributed by atoms with E-state index in [0.29, 0.717) is 23.8 Å². The summed E-state index contributed by atoms with van der Waals surface area (Å²) in [6, 6.07) is 4.33. The molecule has 1 saturated carbocycles. The molecule has 4 aromatic heterocycles. The summed E-state index contributed by atoms with van der Waals surface area (Å²) in [4.78, 5) is 30.3. The molecule has 152 valence electrons. The van der Waals surface area contributed by atoms with E-state index in [2.05, 4.69) is 25.4 Å².